The maximum Gasteiger partial charge on any atom is 1.00 e. The van der Waals surface area contributed by atoms with E-state index in [0.29, 0.717) is 0 Å². The molecule has 1 aliphatic heterocycles. The van der Waals surface area contributed by atoms with Gasteiger partial charge in [0.15, 0.2) is 0 Å². The number of rotatable bonds is 0. The Morgan fingerprint density at radius 1 is 1.00 bits per heavy atom. The van der Waals surface area contributed by atoms with Gasteiger partial charge >= 0.3 is 51.4 Å². The second-order valence-corrected chi connectivity index (χ2v) is 1.46. The Morgan fingerprint density at radius 3 is 1.57 bits per heavy atom. The second-order valence-electron chi connectivity index (χ2n) is 1.46. The second kappa shape index (κ2) is 8.33. The Labute approximate surface area is 104 Å². The van der Waals surface area contributed by atoms with Crippen LogP contribution in [0.2, 0.25) is 0 Å². The van der Waals surface area contributed by atoms with Crippen molar-refractivity contribution in [1.82, 2.24) is 5.32 Å². The fourth-order valence-electron chi connectivity index (χ4n) is 0.625. The maximum atomic E-state index is 3.22. The third-order valence-corrected chi connectivity index (χ3v) is 0.957. The topological polar surface area (TPSA) is 12.0 Å². The Hall–Kier alpha value is 2.33. The van der Waals surface area contributed by atoms with Crippen LogP contribution >= 0.6 is 0 Å². The Kier molecular flexibility index (Phi) is 14.3. The van der Waals surface area contributed by atoms with Crippen molar-refractivity contribution in [3.63, 3.8) is 0 Å². The van der Waals surface area contributed by atoms with Gasteiger partial charge in [-0.15, -0.1) is 0 Å². The van der Waals surface area contributed by atoms with Crippen LogP contribution in [0.5, 0.6) is 0 Å². The minimum atomic E-state index is 0. The van der Waals surface area contributed by atoms with Crippen LogP contribution in [0.15, 0.2) is 0 Å². The third kappa shape index (κ3) is 6.21. The van der Waals surface area contributed by atoms with Gasteiger partial charge in [0.1, 0.15) is 0 Å². The molecule has 0 atom stereocenters. The average molecular weight is 237 g/mol. The van der Waals surface area contributed by atoms with Gasteiger partial charge in [-0.3, -0.25) is 0 Å². The molecule has 0 bridgehead atoms. The Morgan fingerprint density at radius 2 is 1.43 bits per heavy atom. The van der Waals surface area contributed by atoms with E-state index in [2.05, 4.69) is 5.32 Å². The first-order chi connectivity index (χ1) is 2.50. The number of nitrogens with one attached hydrogen (secondary N) is 1. The van der Waals surface area contributed by atoms with Crippen LogP contribution in [0.3, 0.4) is 0 Å². The van der Waals surface area contributed by atoms with Crippen molar-refractivity contribution in [2.45, 2.75) is 12.8 Å². The first-order valence-electron chi connectivity index (χ1n) is 2.21. The molecule has 0 aromatic heterocycles. The van der Waals surface area contributed by atoms with Crippen molar-refractivity contribution in [2.75, 3.05) is 13.1 Å². The summed E-state index contributed by atoms with van der Waals surface area (Å²) < 4.78 is 0. The molecule has 1 heterocycles. The molecule has 1 aliphatic rings. The quantitative estimate of drug-likeness (QED) is 0.327. The van der Waals surface area contributed by atoms with Crippen molar-refractivity contribution >= 4 is 0 Å². The summed E-state index contributed by atoms with van der Waals surface area (Å²) in [5.41, 5.74) is 0. The van der Waals surface area contributed by atoms with Crippen molar-refractivity contribution in [1.29, 1.82) is 0 Å². The van der Waals surface area contributed by atoms with Crippen molar-refractivity contribution in [2.24, 2.45) is 0 Å². The van der Waals surface area contributed by atoms with E-state index >= 15 is 0 Å². The minimum absolute atomic E-state index is 0. The van der Waals surface area contributed by atoms with Crippen LogP contribution in [-0.2, 0) is 0 Å². The van der Waals surface area contributed by atoms with E-state index < -0.39 is 0 Å². The molecule has 7 heavy (non-hydrogen) atoms. The summed E-state index contributed by atoms with van der Waals surface area (Å²) in [6.07, 6.45) is 2.78. The molecule has 0 aromatic rings. The summed E-state index contributed by atoms with van der Waals surface area (Å²) in [6.45, 7) is 2.50. The zero-order valence-corrected chi connectivity index (χ0v) is 9.99. The monoisotopic (exact) mass is 237 g/mol. The molecule has 1 nitrogen and oxygen atoms in total. The van der Waals surface area contributed by atoms with E-state index in [9.17, 15) is 0 Å². The smallest absolute Gasteiger partial charge is 1.00 e. The predicted octanol–water partition coefficient (Wildman–Crippen LogP) is -5.62. The van der Waals surface area contributed by atoms with Crippen molar-refractivity contribution in [3.8, 4) is 0 Å². The van der Waals surface area contributed by atoms with E-state index in [0.717, 1.165) is 0 Å². The summed E-state index contributed by atoms with van der Waals surface area (Å²) in [6, 6.07) is 0. The van der Waals surface area contributed by atoms with Gasteiger partial charge in [-0.05, 0) is 25.9 Å². The molecule has 0 spiro atoms. The fourth-order valence-corrected chi connectivity index (χ4v) is 0.625. The van der Waals surface area contributed by atoms with Gasteiger partial charge < -0.3 is 29.3 Å². The molecule has 0 amide bonds. The molecule has 1 rings (SSSR count). The predicted molar refractivity (Wildman–Crippen MR) is 22.1 cm³/mol. The molecule has 0 aliphatic carbocycles. The largest absolute Gasteiger partial charge is 1.00 e. The van der Waals surface area contributed by atoms with E-state index in [-0.39, 0.29) is 75.4 Å². The number of hydrogen-bond acceptors (Lipinski definition) is 1. The summed E-state index contributed by atoms with van der Waals surface area (Å²) in [4.78, 5) is 0. The van der Waals surface area contributed by atoms with Gasteiger partial charge in [0.25, 0.3) is 0 Å². The molecule has 1 fully saturated rings. The number of hydrogen-bond donors (Lipinski definition) is 1. The van der Waals surface area contributed by atoms with Crippen molar-refractivity contribution in [3.05, 3.63) is 0 Å². The van der Waals surface area contributed by atoms with Gasteiger partial charge in [-0.25, -0.2) is 0 Å². The van der Waals surface area contributed by atoms with Crippen LogP contribution < -0.4 is 80.7 Å². The van der Waals surface area contributed by atoms with Gasteiger partial charge in [0.05, 0.1) is 0 Å². The fraction of sp³-hybridized carbons (Fsp3) is 1.00. The molecular weight excluding hydrogens is 228 g/mol. The van der Waals surface area contributed by atoms with Gasteiger partial charge in [0, 0.05) is 0 Å². The molecule has 38 valence electrons. The Bertz CT molecular complexity index is 23.3. The molecule has 0 unspecified atom stereocenters. The number of halogens is 1. The summed E-state index contributed by atoms with van der Waals surface area (Å²) >= 11 is 0. The average Bonchev–Trinajstić information content (AvgIpc) is 1.76. The normalized spacial score (nSPS) is 17.1. The summed E-state index contributed by atoms with van der Waals surface area (Å²) in [7, 11) is 0. The van der Waals surface area contributed by atoms with Crippen LogP contribution in [0.25, 0.3) is 0 Å². The molecule has 0 radical (unpaired) electrons. The van der Waals surface area contributed by atoms with Crippen molar-refractivity contribution < 1.29 is 75.4 Å². The summed E-state index contributed by atoms with van der Waals surface area (Å²) in [5, 5.41) is 3.22. The van der Waals surface area contributed by atoms with Crippen LogP contribution in [0.1, 0.15) is 12.8 Å². The van der Waals surface area contributed by atoms with Gasteiger partial charge in [-0.2, -0.15) is 0 Å². The molecule has 3 heteroatoms. The first kappa shape index (κ1) is 12.0. The zero-order valence-electron chi connectivity index (χ0n) is 4.71. The molecule has 0 aromatic carbocycles. The maximum absolute atomic E-state index is 3.22. The zero-order chi connectivity index (χ0) is 3.54. The van der Waals surface area contributed by atoms with E-state index in [1.54, 1.807) is 0 Å². The standard InChI is InChI=1S/C4H9N.HI.K/c1-2-4-5-3-1;;/h5H,1-4H2;1H;/q;;+1/p-1. The van der Waals surface area contributed by atoms with Gasteiger partial charge in [0.2, 0.25) is 0 Å². The minimum Gasteiger partial charge on any atom is -1.00 e. The van der Waals surface area contributed by atoms with Crippen LogP contribution in [0.4, 0.5) is 0 Å². The van der Waals surface area contributed by atoms with Gasteiger partial charge in [-0.1, -0.05) is 0 Å². The van der Waals surface area contributed by atoms with Crippen LogP contribution in [0, 0.1) is 0 Å². The Balaban J connectivity index is 0. The van der Waals surface area contributed by atoms with Crippen LogP contribution in [-0.4, -0.2) is 13.1 Å². The molecular formula is C4H9IKN. The van der Waals surface area contributed by atoms with E-state index in [1.165, 1.54) is 25.9 Å². The molecule has 1 saturated heterocycles. The SMILES string of the molecule is C1CCNC1.[I-].[K+]. The molecule has 1 N–H and O–H groups in total. The summed E-state index contributed by atoms with van der Waals surface area (Å²) in [5.74, 6) is 0. The molecule has 0 saturated carbocycles. The van der Waals surface area contributed by atoms with E-state index in [4.69, 9.17) is 0 Å². The third-order valence-electron chi connectivity index (χ3n) is 0.957. The first-order valence-corrected chi connectivity index (χ1v) is 2.21. The van der Waals surface area contributed by atoms with E-state index in [1.807, 2.05) is 0 Å².